The number of aromatic hydroxyl groups is 1. The van der Waals surface area contributed by atoms with Crippen LogP contribution >= 0.6 is 0 Å². The Labute approximate surface area is 161 Å². The van der Waals surface area contributed by atoms with Crippen LogP contribution in [-0.2, 0) is 5.41 Å². The van der Waals surface area contributed by atoms with Gasteiger partial charge in [-0.25, -0.2) is 0 Å². The van der Waals surface area contributed by atoms with Crippen molar-refractivity contribution in [3.05, 3.63) is 71.6 Å². The predicted octanol–water partition coefficient (Wildman–Crippen LogP) is 6.35. The quantitative estimate of drug-likeness (QED) is 0.479. The van der Waals surface area contributed by atoms with E-state index in [-0.39, 0.29) is 5.41 Å². The zero-order chi connectivity index (χ0) is 19.2. The van der Waals surface area contributed by atoms with Crippen LogP contribution in [0.15, 0.2) is 54.7 Å². The van der Waals surface area contributed by atoms with Gasteiger partial charge in [-0.2, -0.15) is 0 Å². The largest absolute Gasteiger partial charge is 0.508 e. The lowest BCUT2D eigenvalue weighted by Gasteiger charge is -2.21. The summed E-state index contributed by atoms with van der Waals surface area (Å²) < 4.78 is 0. The highest BCUT2D eigenvalue weighted by Crippen LogP contribution is 2.54. The standard InChI is InChI=1S/C24H28N2O/c1-5-15(2)22-13-18-12-20(8-9-21(18)26-22)25-17(4)24(10-11-24)19-7-6-16(3)23(27)14-19/h6-9,12-15,25-27H,4-5,10-11H2,1-3H3. The Bertz CT molecular complexity index is 1010. The van der Waals surface area contributed by atoms with Gasteiger partial charge in [-0.05, 0) is 73.6 Å². The highest BCUT2D eigenvalue weighted by atomic mass is 16.3. The lowest BCUT2D eigenvalue weighted by atomic mass is 9.91. The maximum Gasteiger partial charge on any atom is 0.118 e. The average Bonchev–Trinajstić information content (AvgIpc) is 3.37. The Hall–Kier alpha value is -2.68. The Morgan fingerprint density at radius 2 is 2.00 bits per heavy atom. The summed E-state index contributed by atoms with van der Waals surface area (Å²) in [6.45, 7) is 10.7. The van der Waals surface area contributed by atoms with Crippen molar-refractivity contribution in [3.63, 3.8) is 0 Å². The van der Waals surface area contributed by atoms with Gasteiger partial charge < -0.3 is 15.4 Å². The summed E-state index contributed by atoms with van der Waals surface area (Å²) in [5.41, 5.74) is 6.50. The number of H-pyrrole nitrogens is 1. The van der Waals surface area contributed by atoms with Crippen molar-refractivity contribution < 1.29 is 5.11 Å². The van der Waals surface area contributed by atoms with Gasteiger partial charge in [0.05, 0.1) is 0 Å². The third-order valence-electron chi connectivity index (χ3n) is 6.17. The molecule has 3 nitrogen and oxygen atoms in total. The zero-order valence-corrected chi connectivity index (χ0v) is 16.4. The number of hydrogen-bond donors (Lipinski definition) is 3. The summed E-state index contributed by atoms with van der Waals surface area (Å²) in [5.74, 6) is 0.894. The zero-order valence-electron chi connectivity index (χ0n) is 16.4. The molecule has 140 valence electrons. The van der Waals surface area contributed by atoms with Crippen LogP contribution in [0.3, 0.4) is 0 Å². The summed E-state index contributed by atoms with van der Waals surface area (Å²) in [6.07, 6.45) is 3.25. The van der Waals surface area contributed by atoms with Gasteiger partial charge in [0.15, 0.2) is 0 Å². The lowest BCUT2D eigenvalue weighted by molar-refractivity contribution is 0.469. The lowest BCUT2D eigenvalue weighted by Crippen LogP contribution is -2.16. The molecule has 1 heterocycles. The molecule has 1 saturated carbocycles. The van der Waals surface area contributed by atoms with Gasteiger partial charge in [0, 0.05) is 33.4 Å². The summed E-state index contributed by atoms with van der Waals surface area (Å²) >= 11 is 0. The van der Waals surface area contributed by atoms with Crippen LogP contribution in [0.25, 0.3) is 10.9 Å². The first kappa shape index (κ1) is 17.7. The van der Waals surface area contributed by atoms with E-state index in [1.54, 1.807) is 0 Å². The number of aromatic nitrogens is 1. The molecule has 27 heavy (non-hydrogen) atoms. The van der Waals surface area contributed by atoms with Crippen LogP contribution in [0.2, 0.25) is 0 Å². The molecule has 0 aliphatic heterocycles. The Morgan fingerprint density at radius 3 is 2.67 bits per heavy atom. The fourth-order valence-electron chi connectivity index (χ4n) is 3.81. The molecule has 1 atom stereocenters. The van der Waals surface area contributed by atoms with E-state index >= 15 is 0 Å². The molecule has 1 aromatic heterocycles. The van der Waals surface area contributed by atoms with Crippen LogP contribution in [0.5, 0.6) is 5.75 Å². The SMILES string of the molecule is C=C(Nc1ccc2[nH]c(C(C)CC)cc2c1)C1(c2ccc(C)c(O)c2)CC1. The van der Waals surface area contributed by atoms with Crippen LogP contribution in [0, 0.1) is 6.92 Å². The average molecular weight is 361 g/mol. The fourth-order valence-corrected chi connectivity index (χ4v) is 3.81. The van der Waals surface area contributed by atoms with Crippen LogP contribution < -0.4 is 5.32 Å². The highest BCUT2D eigenvalue weighted by Gasteiger charge is 2.47. The number of hydrogen-bond acceptors (Lipinski definition) is 2. The molecular weight excluding hydrogens is 332 g/mol. The fraction of sp³-hybridized carbons (Fsp3) is 0.333. The monoisotopic (exact) mass is 360 g/mol. The molecule has 4 rings (SSSR count). The van der Waals surface area contributed by atoms with E-state index in [0.717, 1.165) is 41.8 Å². The number of anilines is 1. The summed E-state index contributed by atoms with van der Waals surface area (Å²) in [5, 5.41) is 14.8. The van der Waals surface area contributed by atoms with Gasteiger partial charge in [-0.3, -0.25) is 0 Å². The number of phenolic OH excluding ortho intramolecular Hbond substituents is 1. The van der Waals surface area contributed by atoms with Crippen molar-refractivity contribution in [2.45, 2.75) is 51.4 Å². The number of aromatic amines is 1. The van der Waals surface area contributed by atoms with Crippen molar-refractivity contribution in [3.8, 4) is 5.75 Å². The molecule has 0 saturated heterocycles. The molecule has 0 radical (unpaired) electrons. The minimum atomic E-state index is -0.0693. The smallest absolute Gasteiger partial charge is 0.118 e. The molecule has 0 amide bonds. The first-order chi connectivity index (χ1) is 12.9. The van der Waals surface area contributed by atoms with Crippen molar-refractivity contribution >= 4 is 16.6 Å². The first-order valence-corrected chi connectivity index (χ1v) is 9.82. The van der Waals surface area contributed by atoms with E-state index in [0.29, 0.717) is 11.7 Å². The molecule has 1 aliphatic carbocycles. The van der Waals surface area contributed by atoms with Crippen LogP contribution in [0.4, 0.5) is 5.69 Å². The van der Waals surface area contributed by atoms with Crippen molar-refractivity contribution in [1.29, 1.82) is 0 Å². The minimum absolute atomic E-state index is 0.0693. The van der Waals surface area contributed by atoms with Gasteiger partial charge in [-0.1, -0.05) is 32.6 Å². The van der Waals surface area contributed by atoms with Crippen molar-refractivity contribution in [2.24, 2.45) is 0 Å². The van der Waals surface area contributed by atoms with E-state index in [1.807, 2.05) is 19.1 Å². The molecule has 1 unspecified atom stereocenters. The molecule has 0 spiro atoms. The summed E-state index contributed by atoms with van der Waals surface area (Å²) in [4.78, 5) is 3.53. The van der Waals surface area contributed by atoms with Gasteiger partial charge >= 0.3 is 0 Å². The number of aryl methyl sites for hydroxylation is 1. The van der Waals surface area contributed by atoms with E-state index in [9.17, 15) is 5.11 Å². The molecule has 1 fully saturated rings. The van der Waals surface area contributed by atoms with E-state index in [4.69, 9.17) is 0 Å². The molecule has 2 aromatic carbocycles. The number of rotatable bonds is 6. The van der Waals surface area contributed by atoms with E-state index in [1.165, 1.54) is 16.6 Å². The Kier molecular flexibility index (Phi) is 4.26. The maximum absolute atomic E-state index is 10.1. The Balaban J connectivity index is 1.58. The predicted molar refractivity (Wildman–Crippen MR) is 114 cm³/mol. The van der Waals surface area contributed by atoms with Crippen molar-refractivity contribution in [1.82, 2.24) is 4.98 Å². The second-order valence-electron chi connectivity index (χ2n) is 8.02. The second-order valence-corrected chi connectivity index (χ2v) is 8.02. The van der Waals surface area contributed by atoms with E-state index in [2.05, 4.69) is 61.1 Å². The number of fused-ring (bicyclic) bond motifs is 1. The molecule has 1 aliphatic rings. The number of allylic oxidation sites excluding steroid dienone is 1. The van der Waals surface area contributed by atoms with Gasteiger partial charge in [0.25, 0.3) is 0 Å². The highest BCUT2D eigenvalue weighted by molar-refractivity contribution is 5.84. The minimum Gasteiger partial charge on any atom is -0.508 e. The van der Waals surface area contributed by atoms with Gasteiger partial charge in [-0.15, -0.1) is 0 Å². The number of benzene rings is 2. The van der Waals surface area contributed by atoms with Gasteiger partial charge in [0.2, 0.25) is 0 Å². The topological polar surface area (TPSA) is 48.0 Å². The molecule has 3 aromatic rings. The third-order valence-corrected chi connectivity index (χ3v) is 6.17. The summed E-state index contributed by atoms with van der Waals surface area (Å²) in [7, 11) is 0. The normalized spacial score (nSPS) is 16.3. The molecule has 3 heteroatoms. The molecule has 3 N–H and O–H groups in total. The summed E-state index contributed by atoms with van der Waals surface area (Å²) in [6, 6.07) is 14.7. The maximum atomic E-state index is 10.1. The number of nitrogens with one attached hydrogen (secondary N) is 2. The second kappa shape index (κ2) is 6.49. The number of phenols is 1. The first-order valence-electron chi connectivity index (χ1n) is 9.82. The van der Waals surface area contributed by atoms with Crippen LogP contribution in [0.1, 0.15) is 55.8 Å². The van der Waals surface area contributed by atoms with Crippen LogP contribution in [-0.4, -0.2) is 10.1 Å². The molecule has 0 bridgehead atoms. The Morgan fingerprint density at radius 1 is 1.22 bits per heavy atom. The third kappa shape index (κ3) is 3.12. The van der Waals surface area contributed by atoms with Crippen molar-refractivity contribution in [2.75, 3.05) is 5.32 Å². The van der Waals surface area contributed by atoms with E-state index < -0.39 is 0 Å². The van der Waals surface area contributed by atoms with Gasteiger partial charge in [0.1, 0.15) is 5.75 Å². The molecular formula is C24H28N2O.